The predicted octanol–water partition coefficient (Wildman–Crippen LogP) is 4.65. The van der Waals surface area contributed by atoms with Crippen molar-refractivity contribution in [2.75, 3.05) is 32.3 Å². The van der Waals surface area contributed by atoms with Crippen molar-refractivity contribution in [3.8, 4) is 17.2 Å². The van der Waals surface area contributed by atoms with Crippen LogP contribution in [0.2, 0.25) is 0 Å². The van der Waals surface area contributed by atoms with Gasteiger partial charge in [0, 0.05) is 24.9 Å². The number of nitrogens with zero attached hydrogens (tertiary/aromatic N) is 3. The van der Waals surface area contributed by atoms with Crippen LogP contribution in [-0.2, 0) is 11.3 Å². The molecular formula is C27H27N3O4. The largest absolute Gasteiger partial charge is 0.497 e. The molecule has 0 saturated carbocycles. The van der Waals surface area contributed by atoms with E-state index in [2.05, 4.69) is 10.6 Å². The van der Waals surface area contributed by atoms with Crippen LogP contribution in [-0.4, -0.2) is 42.8 Å². The summed E-state index contributed by atoms with van der Waals surface area (Å²) in [6, 6.07) is 23.3. The summed E-state index contributed by atoms with van der Waals surface area (Å²) < 4.78 is 19.0. The number of carbonyl (C=O) groups is 1. The highest BCUT2D eigenvalue weighted by atomic mass is 16.5. The van der Waals surface area contributed by atoms with Gasteiger partial charge in [-0.25, -0.2) is 4.98 Å². The standard InChI is InChI=1S/C27H27N3O4/c1-32-21-12-13-25(33-2)24(17-21)30-18-19(16-26(30)31)27-28-22-10-6-7-11-23(22)29(27)14-15-34-20-8-4-3-5-9-20/h3-13,17,19H,14-16,18H2,1-2H3/t19-/m0/s1. The van der Waals surface area contributed by atoms with Gasteiger partial charge in [-0.1, -0.05) is 30.3 Å². The SMILES string of the molecule is COc1ccc(OC)c(N2C[C@@H](c3nc4ccccc4n3CCOc3ccccc3)CC2=O)c1. The first-order chi connectivity index (χ1) is 16.7. The Morgan fingerprint density at radius 2 is 1.74 bits per heavy atom. The Morgan fingerprint density at radius 3 is 2.53 bits per heavy atom. The lowest BCUT2D eigenvalue weighted by Gasteiger charge is -2.20. The van der Waals surface area contributed by atoms with E-state index in [1.165, 1.54) is 0 Å². The number of ether oxygens (including phenoxy) is 3. The molecule has 1 amide bonds. The molecule has 4 aromatic rings. The average Bonchev–Trinajstić information content (AvgIpc) is 3.44. The Morgan fingerprint density at radius 1 is 0.941 bits per heavy atom. The molecule has 0 unspecified atom stereocenters. The number of para-hydroxylation sites is 3. The van der Waals surface area contributed by atoms with E-state index in [9.17, 15) is 4.79 Å². The molecule has 0 radical (unpaired) electrons. The minimum atomic E-state index is -0.0486. The van der Waals surface area contributed by atoms with E-state index >= 15 is 0 Å². The van der Waals surface area contributed by atoms with Crippen LogP contribution in [0.3, 0.4) is 0 Å². The first-order valence-electron chi connectivity index (χ1n) is 11.3. The Balaban J connectivity index is 1.43. The zero-order valence-electron chi connectivity index (χ0n) is 19.3. The molecule has 1 aromatic heterocycles. The highest BCUT2D eigenvalue weighted by Crippen LogP contribution is 2.39. The Bertz CT molecular complexity index is 1300. The zero-order chi connectivity index (χ0) is 23.5. The highest BCUT2D eigenvalue weighted by Gasteiger charge is 2.36. The number of carbonyl (C=O) groups excluding carboxylic acids is 1. The van der Waals surface area contributed by atoms with Crippen molar-refractivity contribution in [1.82, 2.24) is 9.55 Å². The fourth-order valence-corrected chi connectivity index (χ4v) is 4.53. The average molecular weight is 458 g/mol. The molecule has 7 nitrogen and oxygen atoms in total. The number of imidazole rings is 1. The molecule has 2 heterocycles. The molecule has 1 atom stereocenters. The first kappa shape index (κ1) is 21.8. The van der Waals surface area contributed by atoms with Crippen LogP contribution in [0.15, 0.2) is 72.8 Å². The second-order valence-electron chi connectivity index (χ2n) is 8.22. The van der Waals surface area contributed by atoms with Crippen molar-refractivity contribution in [3.63, 3.8) is 0 Å². The van der Waals surface area contributed by atoms with Crippen LogP contribution in [0.1, 0.15) is 18.2 Å². The van der Waals surface area contributed by atoms with Crippen LogP contribution in [0, 0.1) is 0 Å². The quantitative estimate of drug-likeness (QED) is 0.385. The lowest BCUT2D eigenvalue weighted by molar-refractivity contribution is -0.117. The third-order valence-corrected chi connectivity index (χ3v) is 6.18. The molecule has 3 aromatic carbocycles. The van der Waals surface area contributed by atoms with Gasteiger partial charge in [0.1, 0.15) is 29.7 Å². The zero-order valence-corrected chi connectivity index (χ0v) is 19.3. The lowest BCUT2D eigenvalue weighted by atomic mass is 10.1. The number of hydrogen-bond donors (Lipinski definition) is 0. The van der Waals surface area contributed by atoms with Gasteiger partial charge in [-0.15, -0.1) is 0 Å². The molecule has 34 heavy (non-hydrogen) atoms. The van der Waals surface area contributed by atoms with Crippen LogP contribution in [0.25, 0.3) is 11.0 Å². The summed E-state index contributed by atoms with van der Waals surface area (Å²) >= 11 is 0. The van der Waals surface area contributed by atoms with Crippen molar-refractivity contribution in [3.05, 3.63) is 78.6 Å². The normalized spacial score (nSPS) is 15.6. The summed E-state index contributed by atoms with van der Waals surface area (Å²) in [5.41, 5.74) is 2.67. The minimum absolute atomic E-state index is 0.0377. The third-order valence-electron chi connectivity index (χ3n) is 6.18. The van der Waals surface area contributed by atoms with Crippen LogP contribution in [0.5, 0.6) is 17.2 Å². The lowest BCUT2D eigenvalue weighted by Crippen LogP contribution is -2.25. The van der Waals surface area contributed by atoms with Gasteiger partial charge in [0.25, 0.3) is 0 Å². The molecule has 0 aliphatic carbocycles. The number of rotatable bonds is 8. The second kappa shape index (κ2) is 9.47. The number of methoxy groups -OCH3 is 2. The molecular weight excluding hydrogens is 430 g/mol. The molecule has 1 aliphatic rings. The maximum Gasteiger partial charge on any atom is 0.227 e. The number of benzene rings is 3. The summed E-state index contributed by atoms with van der Waals surface area (Å²) in [6.07, 6.45) is 0.378. The van der Waals surface area contributed by atoms with Gasteiger partial charge in [-0.3, -0.25) is 4.79 Å². The van der Waals surface area contributed by atoms with Crippen molar-refractivity contribution in [2.24, 2.45) is 0 Å². The Kier molecular flexibility index (Phi) is 6.08. The second-order valence-corrected chi connectivity index (χ2v) is 8.22. The van der Waals surface area contributed by atoms with Gasteiger partial charge in [-0.2, -0.15) is 0 Å². The van der Waals surface area contributed by atoms with Gasteiger partial charge in [0.05, 0.1) is 37.5 Å². The van der Waals surface area contributed by atoms with Gasteiger partial charge >= 0.3 is 0 Å². The predicted molar refractivity (Wildman–Crippen MR) is 131 cm³/mol. The molecule has 0 bridgehead atoms. The number of anilines is 1. The van der Waals surface area contributed by atoms with Crippen molar-refractivity contribution < 1.29 is 19.0 Å². The molecule has 0 N–H and O–H groups in total. The van der Waals surface area contributed by atoms with Crippen molar-refractivity contribution in [2.45, 2.75) is 18.9 Å². The third kappa shape index (κ3) is 4.17. The van der Waals surface area contributed by atoms with Crippen molar-refractivity contribution >= 4 is 22.6 Å². The van der Waals surface area contributed by atoms with Crippen molar-refractivity contribution in [1.29, 1.82) is 0 Å². The summed E-state index contributed by atoms with van der Waals surface area (Å²) in [5, 5.41) is 0. The van der Waals surface area contributed by atoms with E-state index in [0.717, 1.165) is 22.6 Å². The smallest absolute Gasteiger partial charge is 0.227 e. The summed E-state index contributed by atoms with van der Waals surface area (Å²) in [6.45, 7) is 1.66. The molecule has 0 spiro atoms. The van der Waals surface area contributed by atoms with E-state index in [1.54, 1.807) is 19.1 Å². The van der Waals surface area contributed by atoms with E-state index in [1.807, 2.05) is 66.7 Å². The number of aromatic nitrogens is 2. The monoisotopic (exact) mass is 457 g/mol. The molecule has 7 heteroatoms. The van der Waals surface area contributed by atoms with E-state index in [0.29, 0.717) is 43.3 Å². The van der Waals surface area contributed by atoms with Gasteiger partial charge in [0.15, 0.2) is 0 Å². The maximum absolute atomic E-state index is 13.1. The Labute approximate surface area is 198 Å². The Hall–Kier alpha value is -4.00. The topological polar surface area (TPSA) is 65.8 Å². The number of amides is 1. The van der Waals surface area contributed by atoms with E-state index in [-0.39, 0.29) is 11.8 Å². The highest BCUT2D eigenvalue weighted by molar-refractivity contribution is 5.98. The minimum Gasteiger partial charge on any atom is -0.497 e. The fraction of sp³-hybridized carbons (Fsp3) is 0.259. The molecule has 1 saturated heterocycles. The van der Waals surface area contributed by atoms with Gasteiger partial charge in [0.2, 0.25) is 5.91 Å². The molecule has 174 valence electrons. The fourth-order valence-electron chi connectivity index (χ4n) is 4.53. The molecule has 5 rings (SSSR count). The summed E-state index contributed by atoms with van der Waals surface area (Å²) in [5.74, 6) is 3.04. The van der Waals surface area contributed by atoms with Gasteiger partial charge in [-0.05, 0) is 36.4 Å². The first-order valence-corrected chi connectivity index (χ1v) is 11.3. The molecule has 1 fully saturated rings. The summed E-state index contributed by atoms with van der Waals surface area (Å²) in [7, 11) is 3.22. The molecule has 1 aliphatic heterocycles. The number of hydrogen-bond acceptors (Lipinski definition) is 5. The number of fused-ring (bicyclic) bond motifs is 1. The summed E-state index contributed by atoms with van der Waals surface area (Å²) in [4.78, 5) is 19.8. The van der Waals surface area contributed by atoms with Crippen LogP contribution < -0.4 is 19.1 Å². The van der Waals surface area contributed by atoms with E-state index in [4.69, 9.17) is 19.2 Å². The van der Waals surface area contributed by atoms with Crippen LogP contribution >= 0.6 is 0 Å². The van der Waals surface area contributed by atoms with E-state index < -0.39 is 0 Å². The maximum atomic E-state index is 13.1. The van der Waals surface area contributed by atoms with Crippen LogP contribution in [0.4, 0.5) is 5.69 Å². The van der Waals surface area contributed by atoms with Gasteiger partial charge < -0.3 is 23.7 Å².